The lowest BCUT2D eigenvalue weighted by atomic mass is 10.1. The third kappa shape index (κ3) is 59.3. The third-order valence-electron chi connectivity index (χ3n) is 13.3. The molecule has 0 aliphatic heterocycles. The molecule has 0 aromatic heterocycles. The van der Waals surface area contributed by atoms with E-state index in [-0.39, 0.29) is 37.5 Å². The molecule has 0 bridgehead atoms. The lowest BCUT2D eigenvalue weighted by Gasteiger charge is -2.18. The maximum absolute atomic E-state index is 12.9. The largest absolute Gasteiger partial charge is 0.462 e. The number of ether oxygens (including phenoxy) is 3. The van der Waals surface area contributed by atoms with Crippen LogP contribution in [-0.2, 0) is 28.6 Å². The van der Waals surface area contributed by atoms with E-state index in [9.17, 15) is 14.4 Å². The van der Waals surface area contributed by atoms with E-state index in [1.807, 2.05) is 0 Å². The molecule has 420 valence electrons. The van der Waals surface area contributed by atoms with Crippen LogP contribution in [-0.4, -0.2) is 37.2 Å². The number of carbonyl (C=O) groups is 3. The van der Waals surface area contributed by atoms with Gasteiger partial charge in [-0.1, -0.05) is 254 Å². The Bertz CT molecular complexity index is 1330. The normalized spacial score (nSPS) is 12.3. The molecule has 0 aromatic rings. The van der Waals surface area contributed by atoms with Crippen LogP contribution in [0, 0.1) is 0 Å². The van der Waals surface area contributed by atoms with Crippen LogP contribution in [0.4, 0.5) is 0 Å². The Kier molecular flexibility index (Phi) is 58.3. The smallest absolute Gasteiger partial charge is 0.306 e. The van der Waals surface area contributed by atoms with Gasteiger partial charge in [0.2, 0.25) is 0 Å². The van der Waals surface area contributed by atoms with Crippen LogP contribution in [0.15, 0.2) is 85.1 Å². The molecule has 0 N–H and O–H groups in total. The van der Waals surface area contributed by atoms with Crippen molar-refractivity contribution in [2.75, 3.05) is 13.2 Å². The average Bonchev–Trinajstić information content (AvgIpc) is 3.39. The average molecular weight is 1020 g/mol. The lowest BCUT2D eigenvalue weighted by molar-refractivity contribution is -0.167. The van der Waals surface area contributed by atoms with Crippen molar-refractivity contribution in [2.24, 2.45) is 0 Å². The highest BCUT2D eigenvalue weighted by molar-refractivity contribution is 5.71. The number of hydrogen-bond donors (Lipinski definition) is 0. The van der Waals surface area contributed by atoms with Gasteiger partial charge in [0.05, 0.1) is 0 Å². The molecule has 6 heteroatoms. The van der Waals surface area contributed by atoms with Gasteiger partial charge in [0.1, 0.15) is 13.2 Å². The van der Waals surface area contributed by atoms with Crippen molar-refractivity contribution in [2.45, 2.75) is 309 Å². The Morgan fingerprint density at radius 2 is 0.507 bits per heavy atom. The molecule has 0 amide bonds. The van der Waals surface area contributed by atoms with Crippen LogP contribution in [0.3, 0.4) is 0 Å². The van der Waals surface area contributed by atoms with Gasteiger partial charge in [-0.05, 0) is 116 Å². The first-order chi connectivity index (χ1) is 36.0. The van der Waals surface area contributed by atoms with Crippen molar-refractivity contribution in [1.82, 2.24) is 0 Å². The van der Waals surface area contributed by atoms with Crippen LogP contribution in [0.5, 0.6) is 0 Å². The monoisotopic (exact) mass is 1020 g/mol. The zero-order valence-electron chi connectivity index (χ0n) is 48.1. The maximum Gasteiger partial charge on any atom is 0.306 e. The molecule has 0 heterocycles. The summed E-state index contributed by atoms with van der Waals surface area (Å²) in [4.78, 5) is 38.3. The molecule has 0 saturated heterocycles. The van der Waals surface area contributed by atoms with Crippen LogP contribution in [0.25, 0.3) is 0 Å². The fourth-order valence-electron chi connectivity index (χ4n) is 8.64. The summed E-state index contributed by atoms with van der Waals surface area (Å²) in [7, 11) is 0. The number of rotatable bonds is 56. The number of unbranched alkanes of at least 4 members (excludes halogenated alkanes) is 31. The fourth-order valence-corrected chi connectivity index (χ4v) is 8.64. The molecule has 73 heavy (non-hydrogen) atoms. The zero-order chi connectivity index (χ0) is 52.9. The van der Waals surface area contributed by atoms with Gasteiger partial charge in [-0.3, -0.25) is 14.4 Å². The summed E-state index contributed by atoms with van der Waals surface area (Å²) in [6.45, 7) is 6.56. The van der Waals surface area contributed by atoms with Crippen molar-refractivity contribution in [3.05, 3.63) is 85.1 Å². The van der Waals surface area contributed by atoms with Crippen molar-refractivity contribution in [3.63, 3.8) is 0 Å². The highest BCUT2D eigenvalue weighted by atomic mass is 16.6. The standard InChI is InChI=1S/C67H116O6/c1-4-7-10-13-16-19-22-25-28-31-33-36-38-41-44-47-50-53-56-59-65(68)71-62-64(73-67(70)61-58-55-52-49-46-43-40-35-30-27-24-21-18-15-12-9-6-3)63-72-66(69)60-57-54-51-48-45-42-39-37-34-32-29-26-23-20-17-14-11-8-5-2/h16-17,19-20,25-30,40,43,49,52,64H,4-15,18,21-24,31-39,41-42,44-48,50-51,53-63H2,1-3H3/b19-16-,20-17-,28-25-,29-26-,30-27-,43-40-,52-49-. The Morgan fingerprint density at radius 3 is 0.836 bits per heavy atom. The predicted octanol–water partition coefficient (Wildman–Crippen LogP) is 21.1. The number of carbonyl (C=O) groups excluding carboxylic acids is 3. The first kappa shape index (κ1) is 69.6. The van der Waals surface area contributed by atoms with Crippen LogP contribution in [0.1, 0.15) is 303 Å². The van der Waals surface area contributed by atoms with E-state index in [2.05, 4.69) is 106 Å². The van der Waals surface area contributed by atoms with Gasteiger partial charge in [0, 0.05) is 19.3 Å². The molecule has 0 aliphatic rings. The second-order valence-electron chi connectivity index (χ2n) is 20.6. The maximum atomic E-state index is 12.9. The summed E-state index contributed by atoms with van der Waals surface area (Å²) in [5, 5.41) is 0. The Morgan fingerprint density at radius 1 is 0.274 bits per heavy atom. The van der Waals surface area contributed by atoms with E-state index >= 15 is 0 Å². The molecule has 0 aromatic carbocycles. The molecule has 0 saturated carbocycles. The van der Waals surface area contributed by atoms with Gasteiger partial charge in [0.15, 0.2) is 6.10 Å². The second kappa shape index (κ2) is 61.1. The summed E-state index contributed by atoms with van der Waals surface area (Å²) in [6.07, 6.45) is 80.1. The minimum Gasteiger partial charge on any atom is -0.462 e. The van der Waals surface area contributed by atoms with Gasteiger partial charge >= 0.3 is 17.9 Å². The molecule has 0 radical (unpaired) electrons. The topological polar surface area (TPSA) is 78.9 Å². The molecule has 0 atom stereocenters. The molecule has 6 nitrogen and oxygen atoms in total. The SMILES string of the molecule is CCCCC/C=C\C/C=C\CCCCCCCCCCCC(=O)OCC(COC(=O)CCCCCCCCCCC/C=C\C/C=C\CCCCC)OC(=O)CCC/C=C\C/C=C\C/C=C\CCCCCCCC. The van der Waals surface area contributed by atoms with Gasteiger partial charge < -0.3 is 14.2 Å². The molecule has 0 spiro atoms. The Hall–Kier alpha value is -3.41. The minimum absolute atomic E-state index is 0.0994. The third-order valence-corrected chi connectivity index (χ3v) is 13.3. The lowest BCUT2D eigenvalue weighted by Crippen LogP contribution is -2.30. The fraction of sp³-hybridized carbons (Fsp3) is 0.746. The highest BCUT2D eigenvalue weighted by Gasteiger charge is 2.19. The van der Waals surface area contributed by atoms with Gasteiger partial charge in [-0.25, -0.2) is 0 Å². The van der Waals surface area contributed by atoms with E-state index in [0.717, 1.165) is 70.6 Å². The quantitative estimate of drug-likeness (QED) is 0.0261. The van der Waals surface area contributed by atoms with Crippen molar-refractivity contribution in [1.29, 1.82) is 0 Å². The van der Waals surface area contributed by atoms with Crippen LogP contribution < -0.4 is 0 Å². The van der Waals surface area contributed by atoms with Crippen LogP contribution in [0.2, 0.25) is 0 Å². The molecule has 0 rings (SSSR count). The summed E-state index contributed by atoms with van der Waals surface area (Å²) in [5.41, 5.74) is 0. The molecule has 0 unspecified atom stereocenters. The van der Waals surface area contributed by atoms with Gasteiger partial charge in [0.25, 0.3) is 0 Å². The van der Waals surface area contributed by atoms with Crippen molar-refractivity contribution >= 4 is 17.9 Å². The van der Waals surface area contributed by atoms with E-state index in [4.69, 9.17) is 14.2 Å². The van der Waals surface area contributed by atoms with Gasteiger partial charge in [-0.2, -0.15) is 0 Å². The number of esters is 3. The van der Waals surface area contributed by atoms with E-state index in [1.165, 1.54) is 186 Å². The van der Waals surface area contributed by atoms with Crippen molar-refractivity contribution in [3.8, 4) is 0 Å². The number of allylic oxidation sites excluding steroid dienone is 14. The molecule has 0 fully saturated rings. The second-order valence-corrected chi connectivity index (χ2v) is 20.6. The predicted molar refractivity (Wildman–Crippen MR) is 316 cm³/mol. The first-order valence-electron chi connectivity index (χ1n) is 31.1. The zero-order valence-corrected chi connectivity index (χ0v) is 48.1. The summed E-state index contributed by atoms with van der Waals surface area (Å²) < 4.78 is 16.9. The molecular weight excluding hydrogens is 901 g/mol. The summed E-state index contributed by atoms with van der Waals surface area (Å²) in [5.74, 6) is -0.950. The van der Waals surface area contributed by atoms with Crippen LogP contribution >= 0.6 is 0 Å². The minimum atomic E-state index is -0.808. The highest BCUT2D eigenvalue weighted by Crippen LogP contribution is 2.15. The summed E-state index contributed by atoms with van der Waals surface area (Å²) >= 11 is 0. The summed E-state index contributed by atoms with van der Waals surface area (Å²) in [6, 6.07) is 0. The Labute approximate surface area is 452 Å². The van der Waals surface area contributed by atoms with E-state index in [1.54, 1.807) is 0 Å². The number of hydrogen-bond acceptors (Lipinski definition) is 6. The van der Waals surface area contributed by atoms with E-state index < -0.39 is 6.10 Å². The van der Waals surface area contributed by atoms with Crippen molar-refractivity contribution < 1.29 is 28.6 Å². The van der Waals surface area contributed by atoms with E-state index in [0.29, 0.717) is 19.3 Å². The first-order valence-corrected chi connectivity index (χ1v) is 31.1. The molecule has 0 aliphatic carbocycles. The Balaban J connectivity index is 4.45. The van der Waals surface area contributed by atoms with Gasteiger partial charge in [-0.15, -0.1) is 0 Å². The molecular formula is C67H116O6.